The summed E-state index contributed by atoms with van der Waals surface area (Å²) in [5.41, 5.74) is 7.59. The van der Waals surface area contributed by atoms with Crippen LogP contribution in [-0.4, -0.2) is 18.6 Å². The van der Waals surface area contributed by atoms with Crippen molar-refractivity contribution in [2.75, 3.05) is 6.61 Å². The second-order valence-electron chi connectivity index (χ2n) is 3.86. The minimum absolute atomic E-state index is 0.354. The molecule has 0 aliphatic heterocycles. The largest absolute Gasteiger partial charge is 0.465 e. The Labute approximate surface area is 99.3 Å². The Kier molecular flexibility index (Phi) is 3.44. The molecule has 0 spiro atoms. The maximum absolute atomic E-state index is 11.4. The van der Waals surface area contributed by atoms with Crippen molar-refractivity contribution < 1.29 is 13.9 Å². The molecule has 2 N–H and O–H groups in total. The van der Waals surface area contributed by atoms with E-state index in [1.807, 2.05) is 24.3 Å². The van der Waals surface area contributed by atoms with Gasteiger partial charge < -0.3 is 14.9 Å². The molecule has 0 fully saturated rings. The van der Waals surface area contributed by atoms with E-state index in [9.17, 15) is 4.79 Å². The molecule has 0 saturated carbocycles. The number of rotatable bonds is 4. The van der Waals surface area contributed by atoms with Crippen LogP contribution in [0.5, 0.6) is 0 Å². The quantitative estimate of drug-likeness (QED) is 0.819. The Morgan fingerprint density at radius 2 is 2.29 bits per heavy atom. The SMILES string of the molecule is CCOC(=O)C(N)Cc1ccc2occc2c1. The van der Waals surface area contributed by atoms with Gasteiger partial charge in [0.05, 0.1) is 12.9 Å². The highest BCUT2D eigenvalue weighted by Crippen LogP contribution is 2.17. The van der Waals surface area contributed by atoms with Crippen LogP contribution in [0.4, 0.5) is 0 Å². The molecule has 4 nitrogen and oxygen atoms in total. The number of furan rings is 1. The first-order chi connectivity index (χ1) is 8.20. The van der Waals surface area contributed by atoms with E-state index in [-0.39, 0.29) is 5.97 Å². The smallest absolute Gasteiger partial charge is 0.323 e. The average Bonchev–Trinajstić information content (AvgIpc) is 2.76. The van der Waals surface area contributed by atoms with Crippen LogP contribution in [0.15, 0.2) is 34.9 Å². The van der Waals surface area contributed by atoms with Crippen molar-refractivity contribution in [1.29, 1.82) is 0 Å². The summed E-state index contributed by atoms with van der Waals surface area (Å²) < 4.78 is 10.1. The summed E-state index contributed by atoms with van der Waals surface area (Å²) in [7, 11) is 0. The van der Waals surface area contributed by atoms with E-state index in [1.165, 1.54) is 0 Å². The van der Waals surface area contributed by atoms with E-state index in [1.54, 1.807) is 13.2 Å². The van der Waals surface area contributed by atoms with Crippen molar-refractivity contribution in [3.63, 3.8) is 0 Å². The van der Waals surface area contributed by atoms with Gasteiger partial charge in [-0.2, -0.15) is 0 Å². The van der Waals surface area contributed by atoms with Crippen molar-refractivity contribution in [2.24, 2.45) is 5.73 Å². The summed E-state index contributed by atoms with van der Waals surface area (Å²) in [5.74, 6) is -0.361. The number of carbonyl (C=O) groups excluding carboxylic acids is 1. The molecule has 4 heteroatoms. The summed E-state index contributed by atoms with van der Waals surface area (Å²) in [5, 5.41) is 1.01. The van der Waals surface area contributed by atoms with Gasteiger partial charge in [0.1, 0.15) is 11.6 Å². The lowest BCUT2D eigenvalue weighted by Gasteiger charge is -2.10. The molecule has 0 aliphatic rings. The molecule has 2 rings (SSSR count). The predicted molar refractivity (Wildman–Crippen MR) is 64.5 cm³/mol. The Morgan fingerprint density at radius 3 is 3.06 bits per heavy atom. The summed E-state index contributed by atoms with van der Waals surface area (Å²) in [6.45, 7) is 2.12. The van der Waals surface area contributed by atoms with Gasteiger partial charge >= 0.3 is 5.97 Å². The second-order valence-corrected chi connectivity index (χ2v) is 3.86. The Balaban J connectivity index is 2.09. The van der Waals surface area contributed by atoms with Gasteiger partial charge in [-0.25, -0.2) is 0 Å². The number of ether oxygens (including phenoxy) is 1. The molecule has 1 unspecified atom stereocenters. The molecule has 90 valence electrons. The van der Waals surface area contributed by atoms with Crippen molar-refractivity contribution in [1.82, 2.24) is 0 Å². The van der Waals surface area contributed by atoms with Gasteiger partial charge in [0.2, 0.25) is 0 Å². The average molecular weight is 233 g/mol. The van der Waals surface area contributed by atoms with Crippen LogP contribution in [0.2, 0.25) is 0 Å². The third-order valence-electron chi connectivity index (χ3n) is 2.56. The molecule has 0 bridgehead atoms. The topological polar surface area (TPSA) is 65.5 Å². The van der Waals surface area contributed by atoms with Gasteiger partial charge in [-0.3, -0.25) is 4.79 Å². The summed E-state index contributed by atoms with van der Waals surface area (Å²) in [6, 6.07) is 7.03. The van der Waals surface area contributed by atoms with Crippen LogP contribution < -0.4 is 5.73 Å². The second kappa shape index (κ2) is 5.01. The Bertz CT molecular complexity index is 518. The van der Waals surface area contributed by atoms with Crippen molar-refractivity contribution >= 4 is 16.9 Å². The summed E-state index contributed by atoms with van der Waals surface area (Å²) in [4.78, 5) is 11.4. The monoisotopic (exact) mass is 233 g/mol. The maximum Gasteiger partial charge on any atom is 0.323 e. The third kappa shape index (κ3) is 2.65. The standard InChI is InChI=1S/C13H15NO3/c1-2-16-13(15)11(14)8-9-3-4-12-10(7-9)5-6-17-12/h3-7,11H,2,8,14H2,1H3. The fraction of sp³-hybridized carbons (Fsp3) is 0.308. The molecule has 1 aromatic heterocycles. The first-order valence-corrected chi connectivity index (χ1v) is 5.59. The predicted octanol–water partition coefficient (Wildman–Crippen LogP) is 1.87. The third-order valence-corrected chi connectivity index (χ3v) is 2.56. The van der Waals surface area contributed by atoms with Gasteiger partial charge in [-0.05, 0) is 37.1 Å². The molecule has 17 heavy (non-hydrogen) atoms. The maximum atomic E-state index is 11.4. The van der Waals surface area contributed by atoms with Gasteiger partial charge in [-0.15, -0.1) is 0 Å². The van der Waals surface area contributed by atoms with E-state index in [0.717, 1.165) is 16.5 Å². The van der Waals surface area contributed by atoms with Crippen LogP contribution >= 0.6 is 0 Å². The molecule has 0 aliphatic carbocycles. The lowest BCUT2D eigenvalue weighted by atomic mass is 10.1. The van der Waals surface area contributed by atoms with Gasteiger partial charge in [-0.1, -0.05) is 6.07 Å². The van der Waals surface area contributed by atoms with Crippen molar-refractivity contribution in [3.8, 4) is 0 Å². The first-order valence-electron chi connectivity index (χ1n) is 5.59. The highest BCUT2D eigenvalue weighted by molar-refractivity contribution is 5.79. The molecule has 0 radical (unpaired) electrons. The van der Waals surface area contributed by atoms with Crippen LogP contribution in [0.25, 0.3) is 11.0 Å². The van der Waals surface area contributed by atoms with E-state index in [2.05, 4.69) is 0 Å². The van der Waals surface area contributed by atoms with Gasteiger partial charge in [0.15, 0.2) is 0 Å². The molecule has 1 heterocycles. The lowest BCUT2D eigenvalue weighted by molar-refractivity contribution is -0.144. The number of nitrogens with two attached hydrogens (primary N) is 1. The first kappa shape index (κ1) is 11.7. The van der Waals surface area contributed by atoms with Gasteiger partial charge in [0, 0.05) is 5.39 Å². The van der Waals surface area contributed by atoms with Crippen LogP contribution in [0.1, 0.15) is 12.5 Å². The van der Waals surface area contributed by atoms with E-state index >= 15 is 0 Å². The molecule has 1 aromatic carbocycles. The number of hydrogen-bond acceptors (Lipinski definition) is 4. The fourth-order valence-electron chi connectivity index (χ4n) is 1.73. The highest BCUT2D eigenvalue weighted by Gasteiger charge is 2.15. The fourth-order valence-corrected chi connectivity index (χ4v) is 1.73. The number of esters is 1. The molecular formula is C13H15NO3. The molecular weight excluding hydrogens is 218 g/mol. The Morgan fingerprint density at radius 1 is 1.47 bits per heavy atom. The molecule has 1 atom stereocenters. The van der Waals surface area contributed by atoms with Crippen molar-refractivity contribution in [3.05, 3.63) is 36.1 Å². The van der Waals surface area contributed by atoms with Crippen molar-refractivity contribution in [2.45, 2.75) is 19.4 Å². The van der Waals surface area contributed by atoms with Crippen LogP contribution in [-0.2, 0) is 16.0 Å². The van der Waals surface area contributed by atoms with Gasteiger partial charge in [0.25, 0.3) is 0 Å². The molecule has 2 aromatic rings. The molecule has 0 amide bonds. The number of fused-ring (bicyclic) bond motifs is 1. The zero-order valence-corrected chi connectivity index (χ0v) is 9.68. The van der Waals surface area contributed by atoms with Crippen LogP contribution in [0.3, 0.4) is 0 Å². The summed E-state index contributed by atoms with van der Waals surface area (Å²) >= 11 is 0. The van der Waals surface area contributed by atoms with E-state index < -0.39 is 6.04 Å². The lowest BCUT2D eigenvalue weighted by Crippen LogP contribution is -2.34. The summed E-state index contributed by atoms with van der Waals surface area (Å²) in [6.07, 6.45) is 2.11. The minimum atomic E-state index is -0.612. The number of hydrogen-bond donors (Lipinski definition) is 1. The normalized spacial score (nSPS) is 12.6. The highest BCUT2D eigenvalue weighted by atomic mass is 16.5. The minimum Gasteiger partial charge on any atom is -0.465 e. The number of carbonyl (C=O) groups is 1. The van der Waals surface area contributed by atoms with E-state index in [0.29, 0.717) is 13.0 Å². The zero-order valence-electron chi connectivity index (χ0n) is 9.68. The van der Waals surface area contributed by atoms with Crippen LogP contribution in [0, 0.1) is 0 Å². The Hall–Kier alpha value is -1.81. The number of benzene rings is 1. The molecule has 0 saturated heterocycles. The van der Waals surface area contributed by atoms with E-state index in [4.69, 9.17) is 14.9 Å². The zero-order chi connectivity index (χ0) is 12.3.